The van der Waals surface area contributed by atoms with Gasteiger partial charge in [-0.1, -0.05) is 268 Å². The number of hydrogen-bond donors (Lipinski definition) is 0. The minimum Gasteiger partial charge on any atom is -0.462 e. The summed E-state index contributed by atoms with van der Waals surface area (Å²) in [5, 5.41) is 0. The van der Waals surface area contributed by atoms with Crippen LogP contribution >= 0.6 is 0 Å². The van der Waals surface area contributed by atoms with Crippen molar-refractivity contribution in [3.63, 3.8) is 0 Å². The van der Waals surface area contributed by atoms with Crippen LogP contribution in [0.15, 0.2) is 60.8 Å². The lowest BCUT2D eigenvalue weighted by Gasteiger charge is -2.18. The van der Waals surface area contributed by atoms with Crippen LogP contribution in [0.3, 0.4) is 0 Å². The molecule has 0 radical (unpaired) electrons. The number of ether oxygens (including phenoxy) is 3. The Labute approximate surface area is 434 Å². The largest absolute Gasteiger partial charge is 0.462 e. The summed E-state index contributed by atoms with van der Waals surface area (Å²) in [6.45, 7) is 6.53. The summed E-state index contributed by atoms with van der Waals surface area (Å²) in [7, 11) is 0. The van der Waals surface area contributed by atoms with Gasteiger partial charge in [-0.2, -0.15) is 0 Å². The topological polar surface area (TPSA) is 78.9 Å². The van der Waals surface area contributed by atoms with Gasteiger partial charge in [0.05, 0.1) is 0 Å². The maximum Gasteiger partial charge on any atom is 0.306 e. The van der Waals surface area contributed by atoms with Crippen LogP contribution in [0.4, 0.5) is 0 Å². The molecule has 0 aliphatic rings. The third-order valence-electron chi connectivity index (χ3n) is 13.3. The van der Waals surface area contributed by atoms with Crippen LogP contribution in [0.25, 0.3) is 0 Å². The van der Waals surface area contributed by atoms with E-state index in [1.54, 1.807) is 0 Å². The van der Waals surface area contributed by atoms with E-state index in [0.29, 0.717) is 19.3 Å². The molecule has 1 atom stereocenters. The molecule has 70 heavy (non-hydrogen) atoms. The fourth-order valence-electron chi connectivity index (χ4n) is 8.72. The van der Waals surface area contributed by atoms with Gasteiger partial charge in [0.1, 0.15) is 13.2 Å². The fourth-order valence-corrected chi connectivity index (χ4v) is 8.72. The van der Waals surface area contributed by atoms with Crippen LogP contribution in [0.1, 0.15) is 310 Å². The van der Waals surface area contributed by atoms with Gasteiger partial charge in [0, 0.05) is 19.3 Å². The first kappa shape index (κ1) is 67.1. The Kier molecular flexibility index (Phi) is 56.3. The third-order valence-corrected chi connectivity index (χ3v) is 13.3. The van der Waals surface area contributed by atoms with Crippen LogP contribution in [0.5, 0.6) is 0 Å². The minimum absolute atomic E-state index is 0.0803. The maximum absolute atomic E-state index is 12.9. The van der Waals surface area contributed by atoms with Crippen molar-refractivity contribution >= 4 is 17.9 Å². The summed E-state index contributed by atoms with van der Waals surface area (Å²) in [5.41, 5.74) is 0. The number of esters is 3. The molecule has 1 unspecified atom stereocenters. The summed E-state index contributed by atoms with van der Waals surface area (Å²) in [5.74, 6) is -0.890. The smallest absolute Gasteiger partial charge is 0.306 e. The summed E-state index contributed by atoms with van der Waals surface area (Å²) in [6.07, 6.45) is 73.6. The van der Waals surface area contributed by atoms with E-state index in [0.717, 1.165) is 109 Å². The monoisotopic (exact) mass is 979 g/mol. The average Bonchev–Trinajstić information content (AvgIpc) is 3.36. The van der Waals surface area contributed by atoms with Crippen LogP contribution < -0.4 is 0 Å². The van der Waals surface area contributed by atoms with E-state index in [-0.39, 0.29) is 31.1 Å². The SMILES string of the molecule is CC/C=C\C/C=C\C/C=C\CCCCCCCC(=O)OCC(COC(=O)CCCCCCCCCCCCCCCCCCCCC)OC(=O)CCCCCCCCC/C=C\C/C=C\CCCCCC. The first-order valence-electron chi connectivity index (χ1n) is 30.3. The highest BCUT2D eigenvalue weighted by molar-refractivity contribution is 5.71. The van der Waals surface area contributed by atoms with Gasteiger partial charge in [0.2, 0.25) is 0 Å². The molecular formula is C64H114O6. The van der Waals surface area contributed by atoms with Crippen LogP contribution in [-0.2, 0) is 28.6 Å². The van der Waals surface area contributed by atoms with E-state index >= 15 is 0 Å². The molecule has 0 amide bonds. The summed E-state index contributed by atoms with van der Waals surface area (Å²) < 4.78 is 16.9. The van der Waals surface area contributed by atoms with Crippen molar-refractivity contribution in [3.05, 3.63) is 60.8 Å². The number of carbonyl (C=O) groups excluding carboxylic acids is 3. The predicted molar refractivity (Wildman–Crippen MR) is 302 cm³/mol. The van der Waals surface area contributed by atoms with Gasteiger partial charge in [-0.15, -0.1) is 0 Å². The van der Waals surface area contributed by atoms with Gasteiger partial charge in [-0.25, -0.2) is 0 Å². The van der Waals surface area contributed by atoms with E-state index in [1.165, 1.54) is 161 Å². The third kappa shape index (κ3) is 56.0. The van der Waals surface area contributed by atoms with Crippen molar-refractivity contribution < 1.29 is 28.6 Å². The zero-order valence-electron chi connectivity index (χ0n) is 46.5. The van der Waals surface area contributed by atoms with Crippen molar-refractivity contribution in [1.29, 1.82) is 0 Å². The maximum atomic E-state index is 12.9. The number of hydrogen-bond acceptors (Lipinski definition) is 6. The second-order valence-corrected chi connectivity index (χ2v) is 20.2. The normalized spacial score (nSPS) is 12.4. The zero-order chi connectivity index (χ0) is 50.7. The molecule has 6 nitrogen and oxygen atoms in total. The molecule has 0 heterocycles. The highest BCUT2D eigenvalue weighted by Crippen LogP contribution is 2.17. The molecule has 0 aromatic carbocycles. The van der Waals surface area contributed by atoms with Crippen LogP contribution in [-0.4, -0.2) is 37.2 Å². The van der Waals surface area contributed by atoms with Gasteiger partial charge in [0.15, 0.2) is 6.10 Å². The number of rotatable bonds is 55. The quantitative estimate of drug-likeness (QED) is 0.0261. The predicted octanol–water partition coefficient (Wildman–Crippen LogP) is 20.4. The first-order valence-corrected chi connectivity index (χ1v) is 30.3. The Balaban J connectivity index is 4.37. The van der Waals surface area contributed by atoms with Gasteiger partial charge in [-0.3, -0.25) is 14.4 Å². The molecule has 0 N–H and O–H groups in total. The lowest BCUT2D eigenvalue weighted by Crippen LogP contribution is -2.30. The Bertz CT molecular complexity index is 1260. The molecule has 0 fully saturated rings. The molecule has 0 saturated heterocycles. The Hall–Kier alpha value is -2.89. The van der Waals surface area contributed by atoms with Gasteiger partial charge in [-0.05, 0) is 83.5 Å². The van der Waals surface area contributed by atoms with Crippen LogP contribution in [0, 0.1) is 0 Å². The van der Waals surface area contributed by atoms with E-state index < -0.39 is 6.10 Å². The first-order chi connectivity index (χ1) is 34.5. The van der Waals surface area contributed by atoms with Crippen molar-refractivity contribution in [2.45, 2.75) is 316 Å². The second-order valence-electron chi connectivity index (χ2n) is 20.2. The van der Waals surface area contributed by atoms with Gasteiger partial charge >= 0.3 is 17.9 Å². The van der Waals surface area contributed by atoms with E-state index in [4.69, 9.17) is 14.2 Å². The number of carbonyl (C=O) groups is 3. The Morgan fingerprint density at radius 2 is 0.557 bits per heavy atom. The molecule has 0 aliphatic carbocycles. The second kappa shape index (κ2) is 58.7. The van der Waals surface area contributed by atoms with Crippen LogP contribution in [0.2, 0.25) is 0 Å². The van der Waals surface area contributed by atoms with E-state index in [2.05, 4.69) is 81.5 Å². The van der Waals surface area contributed by atoms with Gasteiger partial charge < -0.3 is 14.2 Å². The molecule has 0 rings (SSSR count). The Morgan fingerprint density at radius 3 is 0.886 bits per heavy atom. The summed E-state index contributed by atoms with van der Waals surface area (Å²) >= 11 is 0. The van der Waals surface area contributed by atoms with Crippen molar-refractivity contribution in [3.8, 4) is 0 Å². The van der Waals surface area contributed by atoms with Gasteiger partial charge in [0.25, 0.3) is 0 Å². The fraction of sp³-hybridized carbons (Fsp3) is 0.797. The highest BCUT2D eigenvalue weighted by atomic mass is 16.6. The highest BCUT2D eigenvalue weighted by Gasteiger charge is 2.19. The lowest BCUT2D eigenvalue weighted by atomic mass is 10.0. The standard InChI is InChI=1S/C64H114O6/c1-4-7-10-13-16-19-22-25-28-30-32-34-36-39-42-45-48-51-54-57-63(66)69-60-61(59-68-62(65)56-53-50-47-44-41-38-35-27-24-21-18-15-12-9-6-3)70-64(67)58-55-52-49-46-43-40-37-33-31-29-26-23-20-17-14-11-8-5-2/h9,12,18,20-21,23,27,29,31,35,61H,4-8,10-11,13-17,19,22,24-26,28,30,32-34,36-60H2,1-3H3/b12-9-,21-18-,23-20-,31-29-,35-27-. The molecule has 0 saturated carbocycles. The number of unbranched alkanes of at least 4 members (excludes halogenated alkanes) is 34. The molecule has 406 valence electrons. The summed E-state index contributed by atoms with van der Waals surface area (Å²) in [6, 6.07) is 0. The van der Waals surface area contributed by atoms with Crippen molar-refractivity contribution in [2.75, 3.05) is 13.2 Å². The van der Waals surface area contributed by atoms with Crippen molar-refractivity contribution in [2.24, 2.45) is 0 Å². The molecular weight excluding hydrogens is 865 g/mol. The lowest BCUT2D eigenvalue weighted by molar-refractivity contribution is -0.167. The molecule has 0 spiro atoms. The van der Waals surface area contributed by atoms with E-state index in [1.807, 2.05) is 0 Å². The minimum atomic E-state index is -0.785. The molecule has 0 aromatic rings. The zero-order valence-corrected chi connectivity index (χ0v) is 46.5. The van der Waals surface area contributed by atoms with Crippen molar-refractivity contribution in [1.82, 2.24) is 0 Å². The number of allylic oxidation sites excluding steroid dienone is 10. The molecule has 6 heteroatoms. The molecule has 0 aliphatic heterocycles. The molecule has 0 aromatic heterocycles. The molecule has 0 bridgehead atoms. The summed E-state index contributed by atoms with van der Waals surface area (Å²) in [4.78, 5) is 38.2. The Morgan fingerprint density at radius 1 is 0.300 bits per heavy atom. The average molecular weight is 980 g/mol. The van der Waals surface area contributed by atoms with E-state index in [9.17, 15) is 14.4 Å².